The molecule has 2 saturated carbocycles. The summed E-state index contributed by atoms with van der Waals surface area (Å²) >= 11 is 0. The van der Waals surface area contributed by atoms with Crippen molar-refractivity contribution in [2.24, 2.45) is 0 Å². The highest BCUT2D eigenvalue weighted by molar-refractivity contribution is 6.10. The molecule has 0 amide bonds. The highest BCUT2D eigenvalue weighted by atomic mass is 15.0. The van der Waals surface area contributed by atoms with Crippen molar-refractivity contribution < 1.29 is 0 Å². The molecule has 6 heteroatoms. The molecule has 0 aliphatic heterocycles. The van der Waals surface area contributed by atoms with E-state index in [1.807, 2.05) is 97.1 Å². The van der Waals surface area contributed by atoms with E-state index in [1.165, 1.54) is 140 Å². The Labute approximate surface area is 524 Å². The highest BCUT2D eigenvalue weighted by Crippen LogP contribution is 2.62. The molecule has 0 bridgehead atoms. The van der Waals surface area contributed by atoms with Crippen LogP contribution in [0, 0.1) is 0 Å². The predicted octanol–water partition coefficient (Wildman–Crippen LogP) is 21.1. The molecule has 2 heterocycles. The lowest BCUT2D eigenvalue weighted by atomic mass is 9.75. The number of nitrogens with zero attached hydrogens (tertiary/aromatic N) is 6. The summed E-state index contributed by atoms with van der Waals surface area (Å²) in [6.07, 6.45) is 9.99. The Balaban J connectivity index is 0.000000139. The topological polar surface area (TPSA) is 77.3 Å². The molecular weight excluding hydrogens is 1090 g/mol. The molecule has 4 aliphatic rings. The molecule has 90 heavy (non-hydrogen) atoms. The van der Waals surface area contributed by atoms with Crippen LogP contribution in [0.25, 0.3) is 134 Å². The number of hydrogen-bond acceptors (Lipinski definition) is 6. The van der Waals surface area contributed by atoms with Crippen molar-refractivity contribution in [2.75, 3.05) is 0 Å². The monoisotopic (exact) mass is 1150 g/mol. The lowest BCUT2D eigenvalue weighted by Gasteiger charge is -2.27. The van der Waals surface area contributed by atoms with Crippen molar-refractivity contribution >= 4 is 21.5 Å². The van der Waals surface area contributed by atoms with E-state index in [1.54, 1.807) is 0 Å². The van der Waals surface area contributed by atoms with E-state index >= 15 is 0 Å². The Hall–Kier alpha value is -10.8. The number of aromatic nitrogens is 6. The summed E-state index contributed by atoms with van der Waals surface area (Å²) in [5.41, 5.74) is 22.7. The van der Waals surface area contributed by atoms with Gasteiger partial charge in [-0.25, -0.2) is 29.9 Å². The van der Waals surface area contributed by atoms with Crippen LogP contribution in [0.5, 0.6) is 0 Å². The third-order valence-corrected chi connectivity index (χ3v) is 19.7. The van der Waals surface area contributed by atoms with Crippen molar-refractivity contribution in [1.82, 2.24) is 29.9 Å². The maximum atomic E-state index is 5.04. The van der Waals surface area contributed by atoms with E-state index in [4.69, 9.17) is 29.9 Å². The van der Waals surface area contributed by atoms with E-state index < -0.39 is 0 Å². The fraction of sp³-hybridized carbons (Fsp3) is 0.119. The second kappa shape index (κ2) is 22.1. The Bertz CT molecular complexity index is 4940. The second-order valence-electron chi connectivity index (χ2n) is 24.7. The first kappa shape index (κ1) is 53.4. The van der Waals surface area contributed by atoms with Crippen molar-refractivity contribution in [1.29, 1.82) is 0 Å². The van der Waals surface area contributed by atoms with E-state index in [9.17, 15) is 0 Å². The Morgan fingerprint density at radius 3 is 0.922 bits per heavy atom. The first-order chi connectivity index (χ1) is 44.6. The molecule has 0 atom stereocenters. The third-order valence-electron chi connectivity index (χ3n) is 19.7. The van der Waals surface area contributed by atoms with Crippen LogP contribution >= 0.6 is 0 Å². The van der Waals surface area contributed by atoms with E-state index in [0.717, 1.165) is 33.4 Å². The highest BCUT2D eigenvalue weighted by Gasteiger charge is 2.47. The molecule has 0 unspecified atom stereocenters. The van der Waals surface area contributed by atoms with Gasteiger partial charge in [0.05, 0.1) is 0 Å². The number of fused-ring (bicyclic) bond motifs is 12. The number of rotatable bonds is 8. The summed E-state index contributed by atoms with van der Waals surface area (Å²) in [6, 6.07) is 99.4. The standard InChI is InChI=1S/2C42H31N3/c1-3-14-28(15-4-1)39-43-40(29-16-5-2-6-17-29)45-41(44-39)32-20-13-19-31(26-32)37-33-21-8-7-18-30(33)27-36-38(37)34-22-9-10-23-35(34)42(36)24-11-12-25-42;1-3-13-29(14-4-1)39-43-40(30-15-5-2-6-16-30)45-41(44-39)31-23-21-28(22-24-31)37-33-18-8-7-17-32(33)27-36-38(37)34-19-9-10-20-35(34)42(36)25-11-12-26-42/h1-10,13-23,26-27H,11-12,24-25H2;1-10,13-24,27H,11-12,25-26H2. The average Bonchev–Trinajstić information content (AvgIpc) is 1.57. The molecule has 2 aromatic heterocycles. The van der Waals surface area contributed by atoms with E-state index in [2.05, 4.69) is 182 Å². The SMILES string of the molecule is c1ccc(-c2nc(-c3ccccc3)nc(-c3ccc(-c4c5c(cc6ccccc46)C4(CCCC4)c4ccccc4-5)cc3)n2)cc1.c1ccc(-c2nc(-c3ccccc3)nc(-c3cccc(-c4c5c(cc6ccccc46)C4(CCCC4)c4ccccc4-5)c3)n2)cc1. The molecule has 2 spiro atoms. The lowest BCUT2D eigenvalue weighted by molar-refractivity contribution is 0.550. The molecule has 0 saturated heterocycles. The van der Waals surface area contributed by atoms with Crippen molar-refractivity contribution in [3.05, 3.63) is 301 Å². The van der Waals surface area contributed by atoms with Crippen molar-refractivity contribution in [3.8, 4) is 113 Å². The fourth-order valence-corrected chi connectivity index (χ4v) is 15.6. The normalized spacial score (nSPS) is 14.5. The second-order valence-corrected chi connectivity index (χ2v) is 24.7. The van der Waals surface area contributed by atoms with Gasteiger partial charge in [-0.15, -0.1) is 0 Å². The molecule has 12 aromatic carbocycles. The van der Waals surface area contributed by atoms with Crippen molar-refractivity contribution in [3.63, 3.8) is 0 Å². The van der Waals surface area contributed by atoms with Gasteiger partial charge in [-0.3, -0.25) is 0 Å². The molecule has 2 fully saturated rings. The third kappa shape index (κ3) is 8.99. The zero-order valence-electron chi connectivity index (χ0n) is 49.9. The van der Waals surface area contributed by atoms with Crippen molar-refractivity contribution in [2.45, 2.75) is 62.2 Å². The van der Waals surface area contributed by atoms with E-state index in [0.29, 0.717) is 34.9 Å². The Morgan fingerprint density at radius 2 is 0.511 bits per heavy atom. The minimum atomic E-state index is 0.103. The zero-order valence-corrected chi connectivity index (χ0v) is 49.9. The van der Waals surface area contributed by atoms with Crippen LogP contribution in [-0.2, 0) is 10.8 Å². The molecule has 4 aliphatic carbocycles. The molecule has 18 rings (SSSR count). The van der Waals surface area contributed by atoms with Crippen LogP contribution in [-0.4, -0.2) is 29.9 Å². The Kier molecular flexibility index (Phi) is 13.1. The zero-order chi connectivity index (χ0) is 59.6. The largest absolute Gasteiger partial charge is 0.208 e. The van der Waals surface area contributed by atoms with Gasteiger partial charge in [0, 0.05) is 44.2 Å². The van der Waals surface area contributed by atoms with Gasteiger partial charge < -0.3 is 0 Å². The van der Waals surface area contributed by atoms with Gasteiger partial charge in [-0.1, -0.05) is 287 Å². The van der Waals surface area contributed by atoms with E-state index in [-0.39, 0.29) is 10.8 Å². The lowest BCUT2D eigenvalue weighted by Crippen LogP contribution is -2.20. The summed E-state index contributed by atoms with van der Waals surface area (Å²) in [4.78, 5) is 29.8. The van der Waals surface area contributed by atoms with Crippen LogP contribution in [0.4, 0.5) is 0 Å². The van der Waals surface area contributed by atoms with Gasteiger partial charge in [-0.05, 0) is 132 Å². The van der Waals surface area contributed by atoms with Gasteiger partial charge in [0.15, 0.2) is 34.9 Å². The molecule has 428 valence electrons. The predicted molar refractivity (Wildman–Crippen MR) is 368 cm³/mol. The summed E-state index contributed by atoms with van der Waals surface area (Å²) in [5, 5.41) is 5.19. The fourth-order valence-electron chi connectivity index (χ4n) is 15.6. The summed E-state index contributed by atoms with van der Waals surface area (Å²) < 4.78 is 0. The maximum Gasteiger partial charge on any atom is 0.164 e. The molecular formula is C84H62N6. The number of benzene rings is 12. The quantitative estimate of drug-likeness (QED) is 0.151. The van der Waals surface area contributed by atoms with Gasteiger partial charge in [-0.2, -0.15) is 0 Å². The summed E-state index contributed by atoms with van der Waals surface area (Å²) in [6.45, 7) is 0. The van der Waals surface area contributed by atoms with Gasteiger partial charge in [0.1, 0.15) is 0 Å². The summed E-state index contributed by atoms with van der Waals surface area (Å²) in [5.74, 6) is 4.05. The van der Waals surface area contributed by atoms with Gasteiger partial charge >= 0.3 is 0 Å². The van der Waals surface area contributed by atoms with Crippen LogP contribution in [0.15, 0.2) is 279 Å². The maximum absolute atomic E-state index is 5.04. The molecule has 0 radical (unpaired) electrons. The van der Waals surface area contributed by atoms with Crippen LogP contribution in [0.1, 0.15) is 73.6 Å². The number of hydrogen-bond donors (Lipinski definition) is 0. The van der Waals surface area contributed by atoms with Crippen LogP contribution < -0.4 is 0 Å². The van der Waals surface area contributed by atoms with Crippen LogP contribution in [0.2, 0.25) is 0 Å². The summed E-state index contributed by atoms with van der Waals surface area (Å²) in [7, 11) is 0. The molecule has 14 aromatic rings. The minimum absolute atomic E-state index is 0.103. The minimum Gasteiger partial charge on any atom is -0.208 e. The van der Waals surface area contributed by atoms with Gasteiger partial charge in [0.25, 0.3) is 0 Å². The Morgan fingerprint density at radius 1 is 0.211 bits per heavy atom. The van der Waals surface area contributed by atoms with Gasteiger partial charge in [0.2, 0.25) is 0 Å². The van der Waals surface area contributed by atoms with Crippen LogP contribution in [0.3, 0.4) is 0 Å². The smallest absolute Gasteiger partial charge is 0.164 e. The molecule has 6 nitrogen and oxygen atoms in total. The average molecular weight is 1160 g/mol. The first-order valence-corrected chi connectivity index (χ1v) is 31.8. The molecule has 0 N–H and O–H groups in total. The first-order valence-electron chi connectivity index (χ1n) is 31.8.